The van der Waals surface area contributed by atoms with E-state index in [0.717, 1.165) is 24.2 Å². The first-order valence-corrected chi connectivity index (χ1v) is 9.81. The fourth-order valence-electron chi connectivity index (χ4n) is 2.44. The van der Waals surface area contributed by atoms with Crippen LogP contribution in [0, 0.1) is 5.82 Å². The molecule has 0 aliphatic carbocycles. The number of amides is 1. The van der Waals surface area contributed by atoms with Gasteiger partial charge in [0.2, 0.25) is 0 Å². The molecule has 2 aromatic rings. The van der Waals surface area contributed by atoms with Gasteiger partial charge < -0.3 is 10.1 Å². The lowest BCUT2D eigenvalue weighted by Crippen LogP contribution is -2.46. The molecule has 28 heavy (non-hydrogen) atoms. The molecule has 0 aromatic heterocycles. The van der Waals surface area contributed by atoms with Crippen molar-refractivity contribution < 1.29 is 13.9 Å². The third kappa shape index (κ3) is 7.92. The molecule has 0 unspecified atom stereocenters. The van der Waals surface area contributed by atoms with Crippen molar-refractivity contribution in [1.29, 1.82) is 0 Å². The van der Waals surface area contributed by atoms with E-state index in [2.05, 4.69) is 23.1 Å². The number of ether oxygens (including phenoxy) is 1. The summed E-state index contributed by atoms with van der Waals surface area (Å²) in [5, 5.41) is 3.20. The molecular formula is C21H26FN3O2S. The zero-order valence-corrected chi connectivity index (χ0v) is 16.8. The van der Waals surface area contributed by atoms with Crippen molar-refractivity contribution in [2.45, 2.75) is 39.2 Å². The summed E-state index contributed by atoms with van der Waals surface area (Å²) in [5.74, 6) is 0.155. The second-order valence-corrected chi connectivity index (χ2v) is 6.73. The van der Waals surface area contributed by atoms with Gasteiger partial charge in [-0.1, -0.05) is 38.3 Å². The highest BCUT2D eigenvalue weighted by atomic mass is 32.1. The molecule has 0 saturated carbocycles. The average molecular weight is 404 g/mol. The molecule has 0 spiro atoms. The van der Waals surface area contributed by atoms with Crippen LogP contribution < -0.4 is 20.9 Å². The van der Waals surface area contributed by atoms with Crippen molar-refractivity contribution >= 4 is 23.2 Å². The molecule has 5 nitrogen and oxygen atoms in total. The monoisotopic (exact) mass is 403 g/mol. The highest BCUT2D eigenvalue weighted by molar-refractivity contribution is 7.80. The van der Waals surface area contributed by atoms with Gasteiger partial charge in [-0.25, -0.2) is 4.39 Å². The van der Waals surface area contributed by atoms with E-state index in [1.54, 1.807) is 36.4 Å². The Morgan fingerprint density at radius 1 is 1.00 bits per heavy atom. The molecule has 0 bridgehead atoms. The quantitative estimate of drug-likeness (QED) is 0.334. The number of rotatable bonds is 9. The lowest BCUT2D eigenvalue weighted by atomic mass is 10.2. The number of hydrogen-bond acceptors (Lipinski definition) is 3. The standard InChI is InChI=1S/C21H26FN3O2S/c1-2-3-4-5-14-27-19-12-8-17(9-13-19)20(26)24-25-21(28)23-15-16-6-10-18(22)11-7-16/h6-13H,2-5,14-15H2,1H3,(H,24,26)(H2,23,25,28). The van der Waals surface area contributed by atoms with Gasteiger partial charge in [-0.2, -0.15) is 0 Å². The van der Waals surface area contributed by atoms with E-state index in [1.807, 2.05) is 0 Å². The molecule has 150 valence electrons. The van der Waals surface area contributed by atoms with Crippen molar-refractivity contribution in [2.24, 2.45) is 0 Å². The minimum absolute atomic E-state index is 0.268. The van der Waals surface area contributed by atoms with Crippen molar-refractivity contribution in [3.63, 3.8) is 0 Å². The van der Waals surface area contributed by atoms with E-state index in [9.17, 15) is 9.18 Å². The topological polar surface area (TPSA) is 62.4 Å². The van der Waals surface area contributed by atoms with Gasteiger partial charge in [-0.15, -0.1) is 0 Å². The summed E-state index contributed by atoms with van der Waals surface area (Å²) in [6, 6.07) is 13.1. The van der Waals surface area contributed by atoms with Crippen LogP contribution in [0.3, 0.4) is 0 Å². The maximum Gasteiger partial charge on any atom is 0.269 e. The lowest BCUT2D eigenvalue weighted by molar-refractivity contribution is 0.0943. The van der Waals surface area contributed by atoms with Gasteiger partial charge in [0, 0.05) is 12.1 Å². The second kappa shape index (κ2) is 11.9. The van der Waals surface area contributed by atoms with E-state index in [4.69, 9.17) is 17.0 Å². The van der Waals surface area contributed by atoms with Crippen molar-refractivity contribution in [2.75, 3.05) is 6.61 Å². The van der Waals surface area contributed by atoms with Crippen molar-refractivity contribution in [3.8, 4) is 5.75 Å². The second-order valence-electron chi connectivity index (χ2n) is 6.32. The highest BCUT2D eigenvalue weighted by Crippen LogP contribution is 2.13. The van der Waals surface area contributed by atoms with Crippen molar-refractivity contribution in [3.05, 3.63) is 65.5 Å². The first-order chi connectivity index (χ1) is 13.6. The third-order valence-corrected chi connectivity index (χ3v) is 4.29. The summed E-state index contributed by atoms with van der Waals surface area (Å²) in [6.45, 7) is 3.28. The van der Waals surface area contributed by atoms with Crippen molar-refractivity contribution in [1.82, 2.24) is 16.2 Å². The smallest absolute Gasteiger partial charge is 0.269 e. The number of carbonyl (C=O) groups excluding carboxylic acids is 1. The molecule has 0 radical (unpaired) electrons. The van der Waals surface area contributed by atoms with E-state index in [0.29, 0.717) is 18.7 Å². The molecular weight excluding hydrogens is 377 g/mol. The van der Waals surface area contributed by atoms with Crippen LogP contribution in [0.15, 0.2) is 48.5 Å². The van der Waals surface area contributed by atoms with Crippen LogP contribution in [-0.4, -0.2) is 17.6 Å². The van der Waals surface area contributed by atoms with Crippen LogP contribution in [-0.2, 0) is 6.54 Å². The van der Waals surface area contributed by atoms with E-state index in [-0.39, 0.29) is 16.8 Å². The molecule has 0 heterocycles. The van der Waals surface area contributed by atoms with Gasteiger partial charge in [0.15, 0.2) is 5.11 Å². The number of nitrogens with one attached hydrogen (secondary N) is 3. The fourth-order valence-corrected chi connectivity index (χ4v) is 2.56. The van der Waals surface area contributed by atoms with E-state index >= 15 is 0 Å². The predicted molar refractivity (Wildman–Crippen MR) is 113 cm³/mol. The van der Waals surface area contributed by atoms with Crippen LogP contribution in [0.2, 0.25) is 0 Å². The number of hydrogen-bond donors (Lipinski definition) is 3. The molecule has 3 N–H and O–H groups in total. The Labute approximate surface area is 170 Å². The molecule has 0 saturated heterocycles. The molecule has 0 fully saturated rings. The maximum absolute atomic E-state index is 12.9. The van der Waals surface area contributed by atoms with Gasteiger partial charge in [-0.3, -0.25) is 15.6 Å². The Morgan fingerprint density at radius 3 is 2.39 bits per heavy atom. The SMILES string of the molecule is CCCCCCOc1ccc(C(=O)NNC(=S)NCc2ccc(F)cc2)cc1. The van der Waals surface area contributed by atoms with Crippen LogP contribution in [0.25, 0.3) is 0 Å². The normalized spacial score (nSPS) is 10.2. The highest BCUT2D eigenvalue weighted by Gasteiger charge is 2.06. The molecule has 0 aliphatic rings. The number of carbonyl (C=O) groups is 1. The zero-order valence-electron chi connectivity index (χ0n) is 16.0. The Balaban J connectivity index is 1.68. The fraction of sp³-hybridized carbons (Fsp3) is 0.333. The average Bonchev–Trinajstić information content (AvgIpc) is 2.72. The van der Waals surface area contributed by atoms with E-state index in [1.165, 1.54) is 25.0 Å². The Bertz CT molecular complexity index is 751. The predicted octanol–water partition coefficient (Wildman–Crippen LogP) is 4.09. The Hall–Kier alpha value is -2.67. The minimum atomic E-state index is -0.305. The minimum Gasteiger partial charge on any atom is -0.494 e. The Kier molecular flexibility index (Phi) is 9.21. The number of benzene rings is 2. The number of hydrazine groups is 1. The summed E-state index contributed by atoms with van der Waals surface area (Å²) in [6.07, 6.45) is 4.61. The third-order valence-electron chi connectivity index (χ3n) is 4.04. The first kappa shape index (κ1) is 21.6. The summed E-state index contributed by atoms with van der Waals surface area (Å²) >= 11 is 5.12. The van der Waals surface area contributed by atoms with Gasteiger partial charge in [0.25, 0.3) is 5.91 Å². The van der Waals surface area contributed by atoms with Crippen LogP contribution in [0.1, 0.15) is 48.5 Å². The van der Waals surface area contributed by atoms with E-state index < -0.39 is 0 Å². The first-order valence-electron chi connectivity index (χ1n) is 9.40. The summed E-state index contributed by atoms with van der Waals surface area (Å²) in [7, 11) is 0. The molecule has 0 atom stereocenters. The summed E-state index contributed by atoms with van der Waals surface area (Å²) in [4.78, 5) is 12.2. The van der Waals surface area contributed by atoms with Crippen LogP contribution >= 0.6 is 12.2 Å². The Morgan fingerprint density at radius 2 is 1.71 bits per heavy atom. The lowest BCUT2D eigenvalue weighted by Gasteiger charge is -2.12. The largest absolute Gasteiger partial charge is 0.494 e. The molecule has 7 heteroatoms. The van der Waals surface area contributed by atoms with Gasteiger partial charge >= 0.3 is 0 Å². The van der Waals surface area contributed by atoms with Gasteiger partial charge in [0.05, 0.1) is 6.61 Å². The van der Waals surface area contributed by atoms with Gasteiger partial charge in [0.1, 0.15) is 11.6 Å². The molecule has 2 aromatic carbocycles. The number of thiocarbonyl (C=S) groups is 1. The summed E-state index contributed by atoms with van der Waals surface area (Å²) < 4.78 is 18.5. The number of unbranched alkanes of at least 4 members (excludes halogenated alkanes) is 3. The maximum atomic E-state index is 12.9. The van der Waals surface area contributed by atoms with Gasteiger partial charge in [-0.05, 0) is 60.6 Å². The van der Waals surface area contributed by atoms with Crippen LogP contribution in [0.5, 0.6) is 5.75 Å². The molecule has 0 aliphatic heterocycles. The van der Waals surface area contributed by atoms with Crippen LogP contribution in [0.4, 0.5) is 4.39 Å². The number of halogens is 1. The summed E-state index contributed by atoms with van der Waals surface area (Å²) in [5.41, 5.74) is 6.55. The molecule has 2 rings (SSSR count). The molecule has 1 amide bonds. The zero-order chi connectivity index (χ0) is 20.2.